The van der Waals surface area contributed by atoms with Crippen molar-refractivity contribution in [1.29, 1.82) is 0 Å². The van der Waals surface area contributed by atoms with Gasteiger partial charge in [-0.1, -0.05) is 12.1 Å². The maximum Gasteiger partial charge on any atom is 0.0961 e. The van der Waals surface area contributed by atoms with E-state index in [1.807, 2.05) is 62.3 Å². The zero-order valence-corrected chi connectivity index (χ0v) is 13.4. The highest BCUT2D eigenvalue weighted by molar-refractivity contribution is 6.06. The molecule has 114 valence electrons. The number of anilines is 4. The van der Waals surface area contributed by atoms with Crippen molar-refractivity contribution in [2.24, 2.45) is 0 Å². The van der Waals surface area contributed by atoms with Crippen molar-refractivity contribution < 1.29 is 0 Å². The molecule has 22 heavy (non-hydrogen) atoms. The lowest BCUT2D eigenvalue weighted by molar-refractivity contribution is 1.13. The van der Waals surface area contributed by atoms with Gasteiger partial charge in [0, 0.05) is 39.0 Å². The first-order chi connectivity index (χ1) is 10.4. The predicted molar refractivity (Wildman–Crippen MR) is 96.7 cm³/mol. The van der Waals surface area contributed by atoms with Crippen LogP contribution in [0.3, 0.4) is 0 Å². The van der Waals surface area contributed by atoms with Crippen molar-refractivity contribution in [3.05, 3.63) is 30.3 Å². The minimum atomic E-state index is 0.680. The van der Waals surface area contributed by atoms with E-state index in [4.69, 9.17) is 16.5 Å². The zero-order chi connectivity index (χ0) is 16.0. The standard InChI is InChI=1S/C17H21N5/c1-21(2)12-7-5-10-9-11-6-8-13(22(3)4)15(19)17(11)20-16(10)14(12)18/h5-9H,18-19H2,1-4H3. The van der Waals surface area contributed by atoms with Crippen molar-refractivity contribution in [3.63, 3.8) is 0 Å². The summed E-state index contributed by atoms with van der Waals surface area (Å²) >= 11 is 0. The van der Waals surface area contributed by atoms with Crippen LogP contribution in [0.1, 0.15) is 0 Å². The third-order valence-electron chi connectivity index (χ3n) is 3.95. The fourth-order valence-corrected chi connectivity index (χ4v) is 2.77. The highest BCUT2D eigenvalue weighted by atomic mass is 15.1. The summed E-state index contributed by atoms with van der Waals surface area (Å²) in [6.07, 6.45) is 0. The Labute approximate surface area is 130 Å². The van der Waals surface area contributed by atoms with Crippen molar-refractivity contribution in [3.8, 4) is 0 Å². The number of hydrogen-bond acceptors (Lipinski definition) is 5. The molecule has 0 aliphatic heterocycles. The smallest absolute Gasteiger partial charge is 0.0961 e. The van der Waals surface area contributed by atoms with Crippen molar-refractivity contribution in [2.75, 3.05) is 49.5 Å². The third kappa shape index (κ3) is 2.06. The molecule has 0 fully saturated rings. The van der Waals surface area contributed by atoms with Crippen LogP contribution in [0.15, 0.2) is 30.3 Å². The largest absolute Gasteiger partial charge is 0.395 e. The SMILES string of the molecule is CN(C)c1ccc2cc3ccc(N(C)C)c(N)c3nc2c1N. The Kier molecular flexibility index (Phi) is 3.20. The Bertz CT molecular complexity index is 799. The van der Waals surface area contributed by atoms with Crippen molar-refractivity contribution in [2.45, 2.75) is 0 Å². The van der Waals surface area contributed by atoms with Gasteiger partial charge in [-0.2, -0.15) is 0 Å². The van der Waals surface area contributed by atoms with Crippen LogP contribution in [0, 0.1) is 0 Å². The molecule has 5 nitrogen and oxygen atoms in total. The summed E-state index contributed by atoms with van der Waals surface area (Å²) in [6, 6.07) is 10.2. The van der Waals surface area contributed by atoms with Crippen LogP contribution in [0.25, 0.3) is 21.8 Å². The van der Waals surface area contributed by atoms with Crippen LogP contribution in [0.4, 0.5) is 22.7 Å². The number of hydrogen-bond donors (Lipinski definition) is 2. The highest BCUT2D eigenvalue weighted by Gasteiger charge is 2.12. The molecule has 0 radical (unpaired) electrons. The molecule has 0 unspecified atom stereocenters. The van der Waals surface area contributed by atoms with Gasteiger partial charge in [-0.3, -0.25) is 0 Å². The first-order valence-corrected chi connectivity index (χ1v) is 7.16. The molecule has 0 aliphatic carbocycles. The summed E-state index contributed by atoms with van der Waals surface area (Å²) in [5.74, 6) is 0. The second-order valence-corrected chi connectivity index (χ2v) is 5.92. The van der Waals surface area contributed by atoms with Gasteiger partial charge in [-0.25, -0.2) is 4.98 Å². The van der Waals surface area contributed by atoms with E-state index < -0.39 is 0 Å². The van der Waals surface area contributed by atoms with Gasteiger partial charge < -0.3 is 21.3 Å². The minimum absolute atomic E-state index is 0.680. The van der Waals surface area contributed by atoms with E-state index in [1.54, 1.807) is 0 Å². The molecule has 1 aromatic heterocycles. The van der Waals surface area contributed by atoms with E-state index in [9.17, 15) is 0 Å². The Morgan fingerprint density at radius 1 is 0.727 bits per heavy atom. The van der Waals surface area contributed by atoms with Gasteiger partial charge in [0.2, 0.25) is 0 Å². The Morgan fingerprint density at radius 2 is 1.14 bits per heavy atom. The number of nitrogens with two attached hydrogens (primary N) is 2. The molecular weight excluding hydrogens is 274 g/mol. The lowest BCUT2D eigenvalue weighted by atomic mass is 10.1. The summed E-state index contributed by atoms with van der Waals surface area (Å²) in [6.45, 7) is 0. The van der Waals surface area contributed by atoms with Gasteiger partial charge in [-0.05, 0) is 18.2 Å². The molecule has 3 rings (SSSR count). The normalized spacial score (nSPS) is 11.1. The van der Waals surface area contributed by atoms with Gasteiger partial charge in [0.15, 0.2) is 0 Å². The second-order valence-electron chi connectivity index (χ2n) is 5.92. The predicted octanol–water partition coefficient (Wildman–Crippen LogP) is 2.68. The van der Waals surface area contributed by atoms with Crippen LogP contribution in [-0.2, 0) is 0 Å². The first-order valence-electron chi connectivity index (χ1n) is 7.16. The monoisotopic (exact) mass is 295 g/mol. The highest BCUT2D eigenvalue weighted by Crippen LogP contribution is 2.35. The topological polar surface area (TPSA) is 71.4 Å². The molecule has 0 aliphatic rings. The van der Waals surface area contributed by atoms with Gasteiger partial charge in [-0.15, -0.1) is 0 Å². The van der Waals surface area contributed by atoms with Crippen LogP contribution in [0.2, 0.25) is 0 Å². The summed E-state index contributed by atoms with van der Waals surface area (Å²) in [4.78, 5) is 8.73. The average molecular weight is 295 g/mol. The van der Waals surface area contributed by atoms with E-state index in [-0.39, 0.29) is 0 Å². The minimum Gasteiger partial charge on any atom is -0.395 e. The summed E-state index contributed by atoms with van der Waals surface area (Å²) in [7, 11) is 7.88. The summed E-state index contributed by atoms with van der Waals surface area (Å²) < 4.78 is 0. The van der Waals surface area contributed by atoms with E-state index in [0.29, 0.717) is 11.4 Å². The Balaban J connectivity index is 2.38. The van der Waals surface area contributed by atoms with E-state index in [1.165, 1.54) is 0 Å². The number of rotatable bonds is 2. The number of benzene rings is 2. The van der Waals surface area contributed by atoms with E-state index >= 15 is 0 Å². The van der Waals surface area contributed by atoms with Crippen LogP contribution < -0.4 is 21.3 Å². The summed E-state index contributed by atoms with van der Waals surface area (Å²) in [5.41, 5.74) is 17.5. The molecule has 0 bridgehead atoms. The molecule has 0 spiro atoms. The second kappa shape index (κ2) is 4.94. The number of nitrogens with zero attached hydrogens (tertiary/aromatic N) is 3. The van der Waals surface area contributed by atoms with Gasteiger partial charge in [0.1, 0.15) is 0 Å². The average Bonchev–Trinajstić information content (AvgIpc) is 2.46. The van der Waals surface area contributed by atoms with Crippen LogP contribution in [-0.4, -0.2) is 33.2 Å². The Morgan fingerprint density at radius 3 is 1.50 bits per heavy atom. The summed E-state index contributed by atoms with van der Waals surface area (Å²) in [5, 5.41) is 2.04. The molecular formula is C17H21N5. The molecule has 0 atom stereocenters. The molecule has 1 heterocycles. The Hall–Kier alpha value is -2.69. The van der Waals surface area contributed by atoms with Gasteiger partial charge >= 0.3 is 0 Å². The maximum absolute atomic E-state index is 6.30. The van der Waals surface area contributed by atoms with E-state index in [2.05, 4.69) is 6.07 Å². The zero-order valence-electron chi connectivity index (χ0n) is 13.4. The lowest BCUT2D eigenvalue weighted by Crippen LogP contribution is -2.12. The first kappa shape index (κ1) is 14.3. The lowest BCUT2D eigenvalue weighted by Gasteiger charge is -2.18. The molecule has 5 heteroatoms. The molecule has 0 amide bonds. The molecule has 4 N–H and O–H groups in total. The van der Waals surface area contributed by atoms with Crippen LogP contribution in [0.5, 0.6) is 0 Å². The molecule has 2 aromatic carbocycles. The van der Waals surface area contributed by atoms with Crippen molar-refractivity contribution >= 4 is 44.6 Å². The number of nitrogen functional groups attached to an aromatic ring is 2. The molecule has 3 aromatic rings. The van der Waals surface area contributed by atoms with Crippen molar-refractivity contribution in [1.82, 2.24) is 4.98 Å². The fourth-order valence-electron chi connectivity index (χ4n) is 2.77. The fraction of sp³-hybridized carbons (Fsp3) is 0.235. The third-order valence-corrected chi connectivity index (χ3v) is 3.95. The number of aromatic nitrogens is 1. The molecule has 0 saturated carbocycles. The van der Waals surface area contributed by atoms with Gasteiger partial charge in [0.05, 0.1) is 33.8 Å². The number of pyridine rings is 1. The maximum atomic E-state index is 6.30. The van der Waals surface area contributed by atoms with E-state index in [0.717, 1.165) is 33.2 Å². The van der Waals surface area contributed by atoms with Crippen LogP contribution >= 0.6 is 0 Å². The van der Waals surface area contributed by atoms with Gasteiger partial charge in [0.25, 0.3) is 0 Å². The quantitative estimate of drug-likeness (QED) is 0.562. The number of fused-ring (bicyclic) bond motifs is 2. The molecule has 0 saturated heterocycles.